The lowest BCUT2D eigenvalue weighted by Gasteiger charge is -2.35. The van der Waals surface area contributed by atoms with Crippen molar-refractivity contribution in [3.05, 3.63) is 0 Å². The highest BCUT2D eigenvalue weighted by molar-refractivity contribution is 4.83. The Morgan fingerprint density at radius 2 is 1.58 bits per heavy atom. The normalized spacial score (nSPS) is 30.2. The van der Waals surface area contributed by atoms with E-state index in [9.17, 15) is 5.11 Å². The Bertz CT molecular complexity index is 248. The van der Waals surface area contributed by atoms with Crippen LogP contribution in [0.1, 0.15) is 71.6 Å². The molecule has 2 atom stereocenters. The summed E-state index contributed by atoms with van der Waals surface area (Å²) < 4.78 is 0. The molecule has 2 aliphatic rings. The van der Waals surface area contributed by atoms with Gasteiger partial charge in [-0.1, -0.05) is 46.0 Å². The Morgan fingerprint density at radius 3 is 2.26 bits per heavy atom. The summed E-state index contributed by atoms with van der Waals surface area (Å²) >= 11 is 0. The van der Waals surface area contributed by atoms with Gasteiger partial charge >= 0.3 is 0 Å². The minimum atomic E-state index is -0.0430. The van der Waals surface area contributed by atoms with E-state index < -0.39 is 0 Å². The van der Waals surface area contributed by atoms with Crippen LogP contribution >= 0.6 is 0 Å². The lowest BCUT2D eigenvalue weighted by Crippen LogP contribution is -2.42. The van der Waals surface area contributed by atoms with E-state index in [4.69, 9.17) is 0 Å². The van der Waals surface area contributed by atoms with Crippen molar-refractivity contribution in [2.75, 3.05) is 13.1 Å². The molecule has 2 unspecified atom stereocenters. The first kappa shape index (κ1) is 15.3. The smallest absolute Gasteiger partial charge is 0.0580 e. The second kappa shape index (κ2) is 7.64. The van der Waals surface area contributed by atoms with E-state index in [1.165, 1.54) is 57.9 Å². The zero-order chi connectivity index (χ0) is 13.7. The number of aliphatic hydroxyl groups is 1. The highest BCUT2D eigenvalue weighted by atomic mass is 16.3. The third kappa shape index (κ3) is 4.75. The third-order valence-electron chi connectivity index (χ3n) is 5.03. The van der Waals surface area contributed by atoms with E-state index in [2.05, 4.69) is 18.7 Å². The van der Waals surface area contributed by atoms with E-state index in [1.54, 1.807) is 0 Å². The van der Waals surface area contributed by atoms with Crippen LogP contribution in [-0.2, 0) is 0 Å². The molecule has 2 nitrogen and oxygen atoms in total. The van der Waals surface area contributed by atoms with Gasteiger partial charge in [-0.2, -0.15) is 0 Å². The predicted molar refractivity (Wildman–Crippen MR) is 81.2 cm³/mol. The van der Waals surface area contributed by atoms with Gasteiger partial charge in [0.05, 0.1) is 6.10 Å². The maximum Gasteiger partial charge on any atom is 0.0580 e. The molecule has 0 aromatic carbocycles. The number of rotatable bonds is 5. The molecule has 2 aliphatic carbocycles. The van der Waals surface area contributed by atoms with Gasteiger partial charge in [-0.15, -0.1) is 0 Å². The molecule has 2 heteroatoms. The van der Waals surface area contributed by atoms with E-state index in [-0.39, 0.29) is 6.10 Å². The molecule has 0 aromatic rings. The Kier molecular flexibility index (Phi) is 6.15. The first-order chi connectivity index (χ1) is 9.16. The molecule has 19 heavy (non-hydrogen) atoms. The summed E-state index contributed by atoms with van der Waals surface area (Å²) in [5.74, 6) is 1.27. The van der Waals surface area contributed by atoms with Crippen molar-refractivity contribution in [1.82, 2.24) is 4.90 Å². The van der Waals surface area contributed by atoms with Gasteiger partial charge < -0.3 is 5.11 Å². The average molecular weight is 267 g/mol. The summed E-state index contributed by atoms with van der Waals surface area (Å²) in [6.07, 6.45) is 11.7. The summed E-state index contributed by atoms with van der Waals surface area (Å²) in [4.78, 5) is 2.72. The number of nitrogens with zero attached hydrogens (tertiary/aromatic N) is 1. The number of hydrogen-bond acceptors (Lipinski definition) is 2. The lowest BCUT2D eigenvalue weighted by atomic mass is 9.95. The fourth-order valence-corrected chi connectivity index (χ4v) is 3.99. The summed E-state index contributed by atoms with van der Waals surface area (Å²) in [7, 11) is 0. The molecule has 0 saturated heterocycles. The predicted octanol–water partition coefficient (Wildman–Crippen LogP) is 3.83. The van der Waals surface area contributed by atoms with Crippen LogP contribution < -0.4 is 0 Å². The zero-order valence-electron chi connectivity index (χ0n) is 13.0. The van der Waals surface area contributed by atoms with Crippen molar-refractivity contribution < 1.29 is 5.11 Å². The molecule has 0 bridgehead atoms. The fourth-order valence-electron chi connectivity index (χ4n) is 3.99. The molecular formula is C17H33NO. The molecule has 0 spiro atoms. The highest BCUT2D eigenvalue weighted by Crippen LogP contribution is 2.29. The molecular weight excluding hydrogens is 234 g/mol. The second-order valence-electron chi connectivity index (χ2n) is 7.25. The van der Waals surface area contributed by atoms with Crippen LogP contribution in [0.2, 0.25) is 0 Å². The van der Waals surface area contributed by atoms with Crippen LogP contribution in [0.5, 0.6) is 0 Å². The van der Waals surface area contributed by atoms with Crippen molar-refractivity contribution >= 4 is 0 Å². The summed E-state index contributed by atoms with van der Waals surface area (Å²) in [5, 5.41) is 10.3. The lowest BCUT2D eigenvalue weighted by molar-refractivity contribution is 0.0561. The molecule has 0 heterocycles. The minimum Gasteiger partial charge on any atom is -0.393 e. The quantitative estimate of drug-likeness (QED) is 0.765. The Morgan fingerprint density at radius 1 is 0.947 bits per heavy atom. The molecule has 2 fully saturated rings. The zero-order valence-corrected chi connectivity index (χ0v) is 13.0. The van der Waals surface area contributed by atoms with Crippen molar-refractivity contribution in [2.24, 2.45) is 11.8 Å². The van der Waals surface area contributed by atoms with Crippen LogP contribution in [0.15, 0.2) is 0 Å². The van der Waals surface area contributed by atoms with Crippen molar-refractivity contribution in [3.63, 3.8) is 0 Å². The monoisotopic (exact) mass is 267 g/mol. The molecule has 2 saturated carbocycles. The third-order valence-corrected chi connectivity index (χ3v) is 5.03. The summed E-state index contributed by atoms with van der Waals surface area (Å²) in [5.41, 5.74) is 0. The maximum absolute atomic E-state index is 10.3. The van der Waals surface area contributed by atoms with E-state index in [0.717, 1.165) is 24.9 Å². The molecule has 2 rings (SSSR count). The number of hydrogen-bond donors (Lipinski definition) is 1. The van der Waals surface area contributed by atoms with Crippen LogP contribution in [0.25, 0.3) is 0 Å². The van der Waals surface area contributed by atoms with E-state index >= 15 is 0 Å². The van der Waals surface area contributed by atoms with E-state index in [0.29, 0.717) is 5.92 Å². The molecule has 1 N–H and O–H groups in total. The van der Waals surface area contributed by atoms with Crippen LogP contribution in [0.3, 0.4) is 0 Å². The van der Waals surface area contributed by atoms with Crippen molar-refractivity contribution in [2.45, 2.75) is 83.8 Å². The average Bonchev–Trinajstić information content (AvgIpc) is 2.81. The molecule has 0 aliphatic heterocycles. The Hall–Kier alpha value is -0.0800. The van der Waals surface area contributed by atoms with Crippen LogP contribution in [0, 0.1) is 11.8 Å². The fraction of sp³-hybridized carbons (Fsp3) is 1.00. The van der Waals surface area contributed by atoms with Crippen LogP contribution in [0.4, 0.5) is 0 Å². The summed E-state index contributed by atoms with van der Waals surface area (Å²) in [6, 6.07) is 0.804. The van der Waals surface area contributed by atoms with Crippen molar-refractivity contribution in [1.29, 1.82) is 0 Å². The minimum absolute atomic E-state index is 0.0430. The van der Waals surface area contributed by atoms with Gasteiger partial charge in [0.25, 0.3) is 0 Å². The van der Waals surface area contributed by atoms with Gasteiger partial charge in [-0.25, -0.2) is 0 Å². The second-order valence-corrected chi connectivity index (χ2v) is 7.25. The van der Waals surface area contributed by atoms with Crippen molar-refractivity contribution in [3.8, 4) is 0 Å². The first-order valence-electron chi connectivity index (χ1n) is 8.59. The standard InChI is InChI=1S/C17H33NO/c1-14(2)12-18(16-9-6-7-10-16)13-15-8-4-3-5-11-17(15)19/h14-17,19H,3-13H2,1-2H3. The largest absolute Gasteiger partial charge is 0.393 e. The first-order valence-corrected chi connectivity index (χ1v) is 8.59. The Labute approximate surface area is 119 Å². The molecule has 0 radical (unpaired) electrons. The van der Waals surface area contributed by atoms with Gasteiger partial charge in [0.1, 0.15) is 0 Å². The maximum atomic E-state index is 10.3. The SMILES string of the molecule is CC(C)CN(CC1CCCCCC1O)C1CCCC1. The van der Waals surface area contributed by atoms with Gasteiger partial charge in [0, 0.05) is 19.1 Å². The summed E-state index contributed by atoms with van der Waals surface area (Å²) in [6.45, 7) is 7.01. The van der Waals surface area contributed by atoms with Gasteiger partial charge in [0.15, 0.2) is 0 Å². The van der Waals surface area contributed by atoms with Gasteiger partial charge in [-0.05, 0) is 37.5 Å². The topological polar surface area (TPSA) is 23.5 Å². The molecule has 0 aromatic heterocycles. The van der Waals surface area contributed by atoms with E-state index in [1.807, 2.05) is 0 Å². The Balaban J connectivity index is 1.93. The molecule has 0 amide bonds. The van der Waals surface area contributed by atoms with Crippen LogP contribution in [-0.4, -0.2) is 35.2 Å². The van der Waals surface area contributed by atoms with Gasteiger partial charge in [-0.3, -0.25) is 4.90 Å². The number of aliphatic hydroxyl groups excluding tert-OH is 1. The molecule has 112 valence electrons. The van der Waals surface area contributed by atoms with Gasteiger partial charge in [0.2, 0.25) is 0 Å². The highest BCUT2D eigenvalue weighted by Gasteiger charge is 2.29.